The Hall–Kier alpha value is 2.12. The summed E-state index contributed by atoms with van der Waals surface area (Å²) in [7, 11) is -5.11. The number of carbonyl (C=O) groups is 2. The maximum absolute atomic E-state index is 11.4. The summed E-state index contributed by atoms with van der Waals surface area (Å²) in [6.45, 7) is 3.50. The molecule has 0 aliphatic carbocycles. The molecule has 0 saturated carbocycles. The van der Waals surface area contributed by atoms with Gasteiger partial charge in [0.15, 0.2) is 0 Å². The summed E-state index contributed by atoms with van der Waals surface area (Å²) in [6.07, 6.45) is 1.29. The van der Waals surface area contributed by atoms with E-state index < -0.39 is 32.7 Å². The van der Waals surface area contributed by atoms with Crippen molar-refractivity contribution in [3.63, 3.8) is 0 Å². The molecule has 22 heavy (non-hydrogen) atoms. The van der Waals surface area contributed by atoms with E-state index in [1.165, 1.54) is 0 Å². The third kappa shape index (κ3) is 8.48. The van der Waals surface area contributed by atoms with Crippen molar-refractivity contribution in [3.8, 4) is 0 Å². The molecule has 0 aliphatic rings. The molecule has 0 bridgehead atoms. The Bertz CT molecular complexity index is 442. The van der Waals surface area contributed by atoms with Crippen LogP contribution < -0.4 is 113 Å². The quantitative estimate of drug-likeness (QED) is 0.291. The fraction of sp³-hybridized carbons (Fsp3) is 0.833. The van der Waals surface area contributed by atoms with Crippen LogP contribution in [0.1, 0.15) is 52.4 Å². The molecule has 0 amide bonds. The maximum atomic E-state index is 11.4. The first-order valence-corrected chi connectivity index (χ1v) is 8.02. The second-order valence-corrected chi connectivity index (χ2v) is 6.37. The number of carbonyl (C=O) groups excluding carboxylic acids is 2. The van der Waals surface area contributed by atoms with Crippen molar-refractivity contribution in [1.29, 1.82) is 0 Å². The number of hydrogen-bond donors (Lipinski definition) is 1. The average molecular weight is 387 g/mol. The van der Waals surface area contributed by atoms with Gasteiger partial charge < -0.3 is 19.8 Å². The molecule has 0 aliphatic heterocycles. The minimum absolute atomic E-state index is 0. The maximum Gasteiger partial charge on any atom is 1.00 e. The van der Waals surface area contributed by atoms with Gasteiger partial charge in [-0.1, -0.05) is 39.5 Å². The van der Waals surface area contributed by atoms with Crippen LogP contribution in [-0.4, -0.2) is 30.2 Å². The molecular formula is C12H20K2O7S. The molecule has 118 valence electrons. The summed E-state index contributed by atoms with van der Waals surface area (Å²) in [4.78, 5) is 22.5. The Morgan fingerprint density at radius 2 is 1.41 bits per heavy atom. The van der Waals surface area contributed by atoms with Crippen molar-refractivity contribution in [2.45, 2.75) is 57.6 Å². The second kappa shape index (κ2) is 13.3. The molecule has 1 unspecified atom stereocenters. The van der Waals surface area contributed by atoms with Gasteiger partial charge in [0.1, 0.15) is 5.25 Å². The Morgan fingerprint density at radius 3 is 1.59 bits per heavy atom. The van der Waals surface area contributed by atoms with Gasteiger partial charge in [-0.3, -0.25) is 4.55 Å². The first-order chi connectivity index (χ1) is 9.13. The van der Waals surface area contributed by atoms with Crippen LogP contribution in [0, 0.1) is 5.41 Å². The van der Waals surface area contributed by atoms with E-state index in [1.54, 1.807) is 13.8 Å². The van der Waals surface area contributed by atoms with Crippen LogP contribution in [0.4, 0.5) is 0 Å². The molecule has 0 fully saturated rings. The van der Waals surface area contributed by atoms with Crippen LogP contribution in [-0.2, 0) is 19.7 Å². The van der Waals surface area contributed by atoms with Crippen LogP contribution in [0.15, 0.2) is 0 Å². The molecule has 0 radical (unpaired) electrons. The standard InChI is InChI=1S/C12H22O7S.2K/c1-3-5-7-12(11(15)16,8-6-4-2)9(10(13)14)20(17,18)19;;/h9H,3-8H2,1-2H3,(H,13,14)(H,15,16)(H,17,18,19);;/q;2*+1/p-2. The summed E-state index contributed by atoms with van der Waals surface area (Å²) in [5.41, 5.74) is -2.17. The molecule has 10 heteroatoms. The van der Waals surface area contributed by atoms with Crippen LogP contribution in [0.2, 0.25) is 0 Å². The zero-order valence-electron chi connectivity index (χ0n) is 13.6. The third-order valence-corrected chi connectivity index (χ3v) is 4.61. The third-order valence-electron chi connectivity index (χ3n) is 3.37. The van der Waals surface area contributed by atoms with E-state index in [2.05, 4.69) is 0 Å². The zero-order chi connectivity index (χ0) is 16.0. The normalized spacial score (nSPS) is 12.7. The van der Waals surface area contributed by atoms with E-state index in [0.29, 0.717) is 25.7 Å². The molecule has 0 aromatic heterocycles. The SMILES string of the molecule is CCCCC(CCCC)(C(=O)[O-])C(C(=O)[O-])S(=O)(=O)O.[K+].[K+]. The van der Waals surface area contributed by atoms with Crippen molar-refractivity contribution in [3.05, 3.63) is 0 Å². The van der Waals surface area contributed by atoms with Gasteiger partial charge >= 0.3 is 103 Å². The van der Waals surface area contributed by atoms with Gasteiger partial charge in [0.25, 0.3) is 10.1 Å². The Labute approximate surface area is 216 Å². The monoisotopic (exact) mass is 386 g/mol. The van der Waals surface area contributed by atoms with E-state index in [1.807, 2.05) is 0 Å². The molecule has 0 aromatic carbocycles. The molecule has 7 nitrogen and oxygen atoms in total. The largest absolute Gasteiger partial charge is 1.00 e. The minimum Gasteiger partial charge on any atom is -0.549 e. The topological polar surface area (TPSA) is 135 Å². The summed E-state index contributed by atoms with van der Waals surface area (Å²) in [6, 6.07) is 0. The number of aliphatic carboxylic acids is 2. The first-order valence-electron chi connectivity index (χ1n) is 6.52. The van der Waals surface area contributed by atoms with Gasteiger partial charge in [0.2, 0.25) is 0 Å². The van der Waals surface area contributed by atoms with Gasteiger partial charge in [0, 0.05) is 11.4 Å². The fourth-order valence-corrected chi connectivity index (χ4v) is 3.46. The average Bonchev–Trinajstić information content (AvgIpc) is 2.29. The van der Waals surface area contributed by atoms with Gasteiger partial charge in [0.05, 0.1) is 5.97 Å². The summed E-state index contributed by atoms with van der Waals surface area (Å²) in [5, 5.41) is 20.0. The molecular weight excluding hydrogens is 366 g/mol. The summed E-state index contributed by atoms with van der Waals surface area (Å²) < 4.78 is 31.7. The zero-order valence-corrected chi connectivity index (χ0v) is 20.7. The van der Waals surface area contributed by atoms with Crippen molar-refractivity contribution < 1.29 is 136 Å². The predicted molar refractivity (Wildman–Crippen MR) is 66.8 cm³/mol. The first kappa shape index (κ1) is 28.9. The van der Waals surface area contributed by atoms with Gasteiger partial charge in [-0.15, -0.1) is 0 Å². The van der Waals surface area contributed by atoms with Crippen molar-refractivity contribution in [2.24, 2.45) is 5.41 Å². The Balaban J connectivity index is -0.00000180. The van der Waals surface area contributed by atoms with Crippen LogP contribution in [0.5, 0.6) is 0 Å². The van der Waals surface area contributed by atoms with Crippen molar-refractivity contribution in [1.82, 2.24) is 0 Å². The second-order valence-electron chi connectivity index (χ2n) is 4.86. The molecule has 0 aromatic rings. The van der Waals surface area contributed by atoms with Gasteiger partial charge in [-0.25, -0.2) is 0 Å². The summed E-state index contributed by atoms with van der Waals surface area (Å²) >= 11 is 0. The van der Waals surface area contributed by atoms with Crippen molar-refractivity contribution >= 4 is 22.1 Å². The Morgan fingerprint density at radius 1 is 1.05 bits per heavy atom. The number of carboxylic acid groups (broad SMARTS) is 2. The molecule has 0 heterocycles. The van der Waals surface area contributed by atoms with E-state index in [9.17, 15) is 28.2 Å². The van der Waals surface area contributed by atoms with Gasteiger partial charge in [-0.05, 0) is 12.8 Å². The van der Waals surface area contributed by atoms with E-state index in [0.717, 1.165) is 0 Å². The van der Waals surface area contributed by atoms with Crippen molar-refractivity contribution in [2.75, 3.05) is 0 Å². The molecule has 0 spiro atoms. The Kier molecular flexibility index (Phi) is 17.5. The predicted octanol–water partition coefficient (Wildman–Crippen LogP) is -6.88. The smallest absolute Gasteiger partial charge is 0.549 e. The molecule has 0 saturated heterocycles. The molecule has 1 N–H and O–H groups in total. The van der Waals surface area contributed by atoms with Crippen LogP contribution in [0.3, 0.4) is 0 Å². The van der Waals surface area contributed by atoms with Gasteiger partial charge in [-0.2, -0.15) is 8.42 Å². The van der Waals surface area contributed by atoms with Crippen LogP contribution >= 0.6 is 0 Å². The van der Waals surface area contributed by atoms with E-state index in [-0.39, 0.29) is 116 Å². The van der Waals surface area contributed by atoms with E-state index >= 15 is 0 Å². The molecule has 1 atom stereocenters. The number of rotatable bonds is 10. The van der Waals surface area contributed by atoms with Crippen LogP contribution in [0.25, 0.3) is 0 Å². The summed E-state index contributed by atoms with van der Waals surface area (Å²) in [5.74, 6) is -3.91. The number of carboxylic acids is 2. The minimum atomic E-state index is -5.11. The molecule has 0 rings (SSSR count). The number of hydrogen-bond acceptors (Lipinski definition) is 6. The number of unbranched alkanes of at least 4 members (excludes halogenated alkanes) is 2. The fourth-order valence-electron chi connectivity index (χ4n) is 2.32. The van der Waals surface area contributed by atoms with E-state index in [4.69, 9.17) is 4.55 Å².